The van der Waals surface area contributed by atoms with Crippen molar-refractivity contribution in [1.82, 2.24) is 4.90 Å². The summed E-state index contributed by atoms with van der Waals surface area (Å²) in [4.78, 5) is 11.3. The second-order valence-electron chi connectivity index (χ2n) is 5.34. The number of rotatable bonds is 4. The number of allylic oxidation sites excluding steroid dienone is 1. The second kappa shape index (κ2) is 7.85. The van der Waals surface area contributed by atoms with Crippen LogP contribution in [0.25, 0.3) is 5.57 Å². The first-order valence-corrected chi connectivity index (χ1v) is 7.09. The fourth-order valence-electron chi connectivity index (χ4n) is 2.53. The summed E-state index contributed by atoms with van der Waals surface area (Å²) in [5.74, 6) is -0.833. The lowest BCUT2D eigenvalue weighted by atomic mass is 10.0. The minimum Gasteiger partial charge on any atom is -0.481 e. The van der Waals surface area contributed by atoms with Crippen LogP contribution in [0.4, 0.5) is 0 Å². The molecule has 1 aromatic rings. The minimum absolute atomic E-state index is 0.833. The standard InChI is InChI=1S/C15H21N.C2H4O2/c1-4-14-13(9-10-16(2)3)11-12-7-5-6-8-15(12)14;1-2(3)4/h5-8H,4,9-11H2,1-3H3;1H3,(H,3,4). The number of carboxylic acids is 1. The van der Waals surface area contributed by atoms with Gasteiger partial charge in [0, 0.05) is 13.5 Å². The van der Waals surface area contributed by atoms with Crippen molar-refractivity contribution < 1.29 is 9.90 Å². The summed E-state index contributed by atoms with van der Waals surface area (Å²) in [5, 5.41) is 7.42. The van der Waals surface area contributed by atoms with E-state index in [-0.39, 0.29) is 0 Å². The maximum absolute atomic E-state index is 9.00. The van der Waals surface area contributed by atoms with Crippen molar-refractivity contribution in [2.75, 3.05) is 20.6 Å². The summed E-state index contributed by atoms with van der Waals surface area (Å²) in [6.45, 7) is 4.51. The highest BCUT2D eigenvalue weighted by Gasteiger charge is 2.18. The quantitative estimate of drug-likeness (QED) is 0.915. The maximum atomic E-state index is 9.00. The largest absolute Gasteiger partial charge is 0.481 e. The van der Waals surface area contributed by atoms with E-state index in [1.165, 1.54) is 30.4 Å². The summed E-state index contributed by atoms with van der Waals surface area (Å²) in [6.07, 6.45) is 3.55. The number of carbonyl (C=O) groups is 1. The minimum atomic E-state index is -0.833. The summed E-state index contributed by atoms with van der Waals surface area (Å²) in [5.41, 5.74) is 6.27. The molecule has 0 amide bonds. The molecule has 0 radical (unpaired) electrons. The normalized spacial score (nSPS) is 13.1. The molecule has 2 rings (SSSR count). The van der Waals surface area contributed by atoms with E-state index in [9.17, 15) is 0 Å². The van der Waals surface area contributed by atoms with Crippen molar-refractivity contribution in [2.45, 2.75) is 33.1 Å². The summed E-state index contributed by atoms with van der Waals surface area (Å²) < 4.78 is 0. The number of carboxylic acid groups (broad SMARTS) is 1. The molecule has 0 saturated carbocycles. The highest BCUT2D eigenvalue weighted by Crippen LogP contribution is 2.36. The Hall–Kier alpha value is -1.61. The molecule has 0 bridgehead atoms. The third kappa shape index (κ3) is 4.82. The van der Waals surface area contributed by atoms with E-state index in [0.29, 0.717) is 0 Å². The van der Waals surface area contributed by atoms with Crippen LogP contribution in [0.5, 0.6) is 0 Å². The highest BCUT2D eigenvalue weighted by atomic mass is 16.4. The number of hydrogen-bond donors (Lipinski definition) is 1. The van der Waals surface area contributed by atoms with Crippen molar-refractivity contribution in [3.05, 3.63) is 41.0 Å². The average Bonchev–Trinajstić information content (AvgIpc) is 2.73. The Morgan fingerprint density at radius 2 is 1.90 bits per heavy atom. The molecule has 3 heteroatoms. The van der Waals surface area contributed by atoms with Crippen LogP contribution in [0.2, 0.25) is 0 Å². The highest BCUT2D eigenvalue weighted by molar-refractivity contribution is 5.76. The van der Waals surface area contributed by atoms with Gasteiger partial charge in [-0.2, -0.15) is 0 Å². The molecule has 0 heterocycles. The van der Waals surface area contributed by atoms with Crippen LogP contribution >= 0.6 is 0 Å². The van der Waals surface area contributed by atoms with Gasteiger partial charge in [-0.05, 0) is 50.1 Å². The second-order valence-corrected chi connectivity index (χ2v) is 5.34. The molecule has 1 aliphatic carbocycles. The van der Waals surface area contributed by atoms with Gasteiger partial charge in [0.1, 0.15) is 0 Å². The number of aliphatic carboxylic acids is 1. The first-order valence-electron chi connectivity index (χ1n) is 7.09. The van der Waals surface area contributed by atoms with Gasteiger partial charge in [0.2, 0.25) is 0 Å². The van der Waals surface area contributed by atoms with Gasteiger partial charge < -0.3 is 10.0 Å². The van der Waals surface area contributed by atoms with Crippen molar-refractivity contribution in [3.8, 4) is 0 Å². The molecular formula is C17H25NO2. The monoisotopic (exact) mass is 275 g/mol. The zero-order valence-electron chi connectivity index (χ0n) is 12.9. The molecule has 0 spiro atoms. The Morgan fingerprint density at radius 3 is 2.45 bits per heavy atom. The summed E-state index contributed by atoms with van der Waals surface area (Å²) >= 11 is 0. The first-order chi connectivity index (χ1) is 9.45. The molecule has 20 heavy (non-hydrogen) atoms. The van der Waals surface area contributed by atoms with Gasteiger partial charge in [-0.3, -0.25) is 4.79 Å². The molecule has 0 saturated heterocycles. The van der Waals surface area contributed by atoms with E-state index in [0.717, 1.165) is 13.5 Å². The van der Waals surface area contributed by atoms with Crippen LogP contribution in [0.1, 0.15) is 37.8 Å². The van der Waals surface area contributed by atoms with Crippen molar-refractivity contribution in [2.24, 2.45) is 0 Å². The van der Waals surface area contributed by atoms with E-state index in [1.54, 1.807) is 11.1 Å². The number of hydrogen-bond acceptors (Lipinski definition) is 2. The van der Waals surface area contributed by atoms with Gasteiger partial charge in [-0.15, -0.1) is 0 Å². The van der Waals surface area contributed by atoms with Crippen molar-refractivity contribution in [1.29, 1.82) is 0 Å². The summed E-state index contributed by atoms with van der Waals surface area (Å²) in [7, 11) is 4.29. The summed E-state index contributed by atoms with van der Waals surface area (Å²) in [6, 6.07) is 8.86. The predicted molar refractivity (Wildman–Crippen MR) is 83.8 cm³/mol. The Kier molecular flexibility index (Phi) is 6.46. The lowest BCUT2D eigenvalue weighted by Gasteiger charge is -2.11. The fourth-order valence-corrected chi connectivity index (χ4v) is 2.53. The van der Waals surface area contributed by atoms with Gasteiger partial charge in [0.05, 0.1) is 0 Å². The van der Waals surface area contributed by atoms with E-state index < -0.39 is 5.97 Å². The van der Waals surface area contributed by atoms with E-state index in [4.69, 9.17) is 9.90 Å². The fraction of sp³-hybridized carbons (Fsp3) is 0.471. The van der Waals surface area contributed by atoms with Crippen LogP contribution in [0.3, 0.4) is 0 Å². The van der Waals surface area contributed by atoms with Crippen LogP contribution < -0.4 is 0 Å². The van der Waals surface area contributed by atoms with Gasteiger partial charge in [-0.25, -0.2) is 0 Å². The third-order valence-corrected chi connectivity index (χ3v) is 3.39. The molecule has 0 aliphatic heterocycles. The van der Waals surface area contributed by atoms with E-state index >= 15 is 0 Å². The van der Waals surface area contributed by atoms with Crippen LogP contribution in [0.15, 0.2) is 29.8 Å². The van der Waals surface area contributed by atoms with Crippen molar-refractivity contribution >= 4 is 11.5 Å². The van der Waals surface area contributed by atoms with Gasteiger partial charge >= 0.3 is 0 Å². The van der Waals surface area contributed by atoms with E-state index in [1.807, 2.05) is 0 Å². The van der Waals surface area contributed by atoms with Crippen molar-refractivity contribution in [3.63, 3.8) is 0 Å². The van der Waals surface area contributed by atoms with Gasteiger partial charge in [-0.1, -0.05) is 36.8 Å². The zero-order valence-corrected chi connectivity index (χ0v) is 12.9. The van der Waals surface area contributed by atoms with Crippen LogP contribution in [-0.4, -0.2) is 36.6 Å². The van der Waals surface area contributed by atoms with E-state index in [2.05, 4.69) is 50.2 Å². The maximum Gasteiger partial charge on any atom is 0.300 e. The topological polar surface area (TPSA) is 40.5 Å². The Morgan fingerprint density at radius 1 is 1.30 bits per heavy atom. The molecular weight excluding hydrogens is 250 g/mol. The Labute approximate surface area is 121 Å². The zero-order chi connectivity index (χ0) is 15.1. The average molecular weight is 275 g/mol. The molecule has 1 aliphatic rings. The van der Waals surface area contributed by atoms with Crippen LogP contribution in [-0.2, 0) is 11.2 Å². The number of fused-ring (bicyclic) bond motifs is 1. The van der Waals surface area contributed by atoms with Gasteiger partial charge in [0.15, 0.2) is 0 Å². The molecule has 0 atom stereocenters. The lowest BCUT2D eigenvalue weighted by molar-refractivity contribution is -0.134. The Balaban J connectivity index is 0.000000444. The molecule has 0 aromatic heterocycles. The smallest absolute Gasteiger partial charge is 0.300 e. The van der Waals surface area contributed by atoms with Gasteiger partial charge in [0.25, 0.3) is 5.97 Å². The molecule has 110 valence electrons. The number of nitrogens with zero attached hydrogens (tertiary/aromatic N) is 1. The molecule has 0 unspecified atom stereocenters. The first kappa shape index (κ1) is 16.4. The molecule has 3 nitrogen and oxygen atoms in total. The molecule has 0 fully saturated rings. The predicted octanol–water partition coefficient (Wildman–Crippen LogP) is 3.45. The molecule has 1 N–H and O–H groups in total. The third-order valence-electron chi connectivity index (χ3n) is 3.39. The number of benzene rings is 1. The SMILES string of the molecule is CC(=O)O.CCC1=C(CCN(C)C)Cc2ccccc21. The van der Waals surface area contributed by atoms with Crippen LogP contribution in [0, 0.1) is 0 Å². The Bertz CT molecular complexity index is 486. The lowest BCUT2D eigenvalue weighted by Crippen LogP contribution is -2.13. The molecule has 1 aromatic carbocycles.